The normalized spacial score (nSPS) is 11.0. The highest BCUT2D eigenvalue weighted by molar-refractivity contribution is 9.10. The van der Waals surface area contributed by atoms with E-state index in [0.717, 1.165) is 4.47 Å². The Morgan fingerprint density at radius 3 is 2.71 bits per heavy atom. The van der Waals surface area contributed by atoms with E-state index < -0.39 is 5.91 Å². The first-order valence-corrected chi connectivity index (χ1v) is 6.88. The van der Waals surface area contributed by atoms with Gasteiger partial charge in [0.05, 0.1) is 11.4 Å². The van der Waals surface area contributed by atoms with Crippen LogP contribution < -0.4 is 5.43 Å². The van der Waals surface area contributed by atoms with Crippen molar-refractivity contribution in [2.24, 2.45) is 5.10 Å². The van der Waals surface area contributed by atoms with E-state index in [9.17, 15) is 4.79 Å². The van der Waals surface area contributed by atoms with Crippen molar-refractivity contribution in [3.8, 4) is 6.07 Å². The van der Waals surface area contributed by atoms with Crippen molar-refractivity contribution in [2.45, 2.75) is 13.8 Å². The number of para-hydroxylation sites is 1. The lowest BCUT2D eigenvalue weighted by atomic mass is 10.3. The number of carbonyl (C=O) groups is 1. The predicted octanol–water partition coefficient (Wildman–Crippen LogP) is 2.89. The van der Waals surface area contributed by atoms with Crippen LogP contribution in [0, 0.1) is 25.2 Å². The van der Waals surface area contributed by atoms with Crippen LogP contribution in [0.1, 0.15) is 16.2 Å². The number of nitrogens with one attached hydrogen (secondary N) is 1. The fourth-order valence-corrected chi connectivity index (χ4v) is 2.10. The maximum atomic E-state index is 12.2. The lowest BCUT2D eigenvalue weighted by Crippen LogP contribution is -2.23. The Hall–Kier alpha value is -2.46. The molecule has 21 heavy (non-hydrogen) atoms. The predicted molar refractivity (Wildman–Crippen MR) is 83.1 cm³/mol. The molecule has 0 radical (unpaired) electrons. The molecule has 7 heteroatoms. The molecule has 0 unspecified atom stereocenters. The second-order valence-corrected chi connectivity index (χ2v) is 5.16. The zero-order chi connectivity index (χ0) is 15.4. The average Bonchev–Trinajstić information content (AvgIpc) is 2.80. The van der Waals surface area contributed by atoms with Crippen LogP contribution in [0.15, 0.2) is 39.9 Å². The fraction of sp³-hybridized carbons (Fsp3) is 0.143. The smallest absolute Gasteiger partial charge is 0.276 e. The standard InChI is InChI=1S/C14H12BrN5O/c1-9-7-10(2)20(19-9)14(21)13(8-16)18-17-12-6-4-3-5-11(12)15/h3-7,17H,1-2H3/b18-13+. The Balaban J connectivity index is 2.26. The van der Waals surface area contributed by atoms with Crippen LogP contribution in [0.25, 0.3) is 0 Å². The average molecular weight is 346 g/mol. The Morgan fingerprint density at radius 1 is 1.43 bits per heavy atom. The first-order valence-electron chi connectivity index (χ1n) is 6.09. The van der Waals surface area contributed by atoms with Crippen molar-refractivity contribution in [1.29, 1.82) is 5.26 Å². The third-order valence-electron chi connectivity index (χ3n) is 2.67. The monoisotopic (exact) mass is 345 g/mol. The molecule has 1 aromatic heterocycles. The number of carbonyl (C=O) groups excluding carboxylic acids is 1. The van der Waals surface area contributed by atoms with Crippen molar-refractivity contribution in [3.63, 3.8) is 0 Å². The molecule has 6 nitrogen and oxygen atoms in total. The number of aromatic nitrogens is 2. The fourth-order valence-electron chi connectivity index (χ4n) is 1.72. The number of anilines is 1. The molecule has 0 aliphatic carbocycles. The minimum Gasteiger partial charge on any atom is -0.276 e. The zero-order valence-electron chi connectivity index (χ0n) is 11.5. The van der Waals surface area contributed by atoms with Gasteiger partial charge in [-0.2, -0.15) is 20.1 Å². The minimum absolute atomic E-state index is 0.267. The molecule has 2 rings (SSSR count). The molecule has 2 aromatic rings. The van der Waals surface area contributed by atoms with Gasteiger partial charge in [-0.25, -0.2) is 0 Å². The lowest BCUT2D eigenvalue weighted by molar-refractivity contribution is 0.0974. The number of rotatable bonds is 3. The molecule has 0 saturated carbocycles. The van der Waals surface area contributed by atoms with E-state index in [1.807, 2.05) is 18.2 Å². The molecule has 0 aliphatic heterocycles. The Labute approximate surface area is 130 Å². The van der Waals surface area contributed by atoms with Gasteiger partial charge in [-0.15, -0.1) is 0 Å². The second-order valence-electron chi connectivity index (χ2n) is 4.31. The van der Waals surface area contributed by atoms with E-state index in [4.69, 9.17) is 5.26 Å². The summed E-state index contributed by atoms with van der Waals surface area (Å²) >= 11 is 3.35. The maximum absolute atomic E-state index is 12.2. The number of nitrogens with zero attached hydrogens (tertiary/aromatic N) is 4. The molecule has 1 heterocycles. The number of hydrogen-bond donors (Lipinski definition) is 1. The topological polar surface area (TPSA) is 83.1 Å². The van der Waals surface area contributed by atoms with Gasteiger partial charge in [0.25, 0.3) is 0 Å². The number of benzene rings is 1. The second kappa shape index (κ2) is 6.33. The molecule has 0 amide bonds. The summed E-state index contributed by atoms with van der Waals surface area (Å²) in [4.78, 5) is 12.2. The molecular weight excluding hydrogens is 334 g/mol. The van der Waals surface area contributed by atoms with Crippen LogP contribution in [0.4, 0.5) is 5.69 Å². The van der Waals surface area contributed by atoms with Gasteiger partial charge in [-0.1, -0.05) is 12.1 Å². The van der Waals surface area contributed by atoms with Crippen LogP contribution in [-0.4, -0.2) is 21.4 Å². The van der Waals surface area contributed by atoms with Gasteiger partial charge < -0.3 is 0 Å². The first kappa shape index (κ1) is 14.9. The number of hydrogen-bond acceptors (Lipinski definition) is 5. The number of hydrazone groups is 1. The highest BCUT2D eigenvalue weighted by Gasteiger charge is 2.17. The third kappa shape index (κ3) is 3.35. The van der Waals surface area contributed by atoms with Crippen molar-refractivity contribution in [2.75, 3.05) is 5.43 Å². The highest BCUT2D eigenvalue weighted by atomic mass is 79.9. The van der Waals surface area contributed by atoms with Gasteiger partial charge in [0.2, 0.25) is 5.71 Å². The van der Waals surface area contributed by atoms with Crippen molar-refractivity contribution in [1.82, 2.24) is 9.78 Å². The number of aryl methyl sites for hydroxylation is 2. The van der Waals surface area contributed by atoms with Gasteiger partial charge in [0.1, 0.15) is 6.07 Å². The summed E-state index contributed by atoms with van der Waals surface area (Å²) in [6.07, 6.45) is 0. The largest absolute Gasteiger partial charge is 0.309 e. The summed E-state index contributed by atoms with van der Waals surface area (Å²) in [5.74, 6) is -0.567. The van der Waals surface area contributed by atoms with Crippen molar-refractivity contribution >= 4 is 33.2 Å². The molecule has 0 bridgehead atoms. The molecule has 1 aromatic carbocycles. The van der Waals surface area contributed by atoms with E-state index >= 15 is 0 Å². The van der Waals surface area contributed by atoms with Gasteiger partial charge in [0.15, 0.2) is 0 Å². The van der Waals surface area contributed by atoms with E-state index in [1.54, 1.807) is 32.0 Å². The summed E-state index contributed by atoms with van der Waals surface area (Å²) in [7, 11) is 0. The van der Waals surface area contributed by atoms with Crippen LogP contribution in [0.3, 0.4) is 0 Å². The van der Waals surface area contributed by atoms with Gasteiger partial charge in [-0.3, -0.25) is 10.2 Å². The molecule has 1 N–H and O–H groups in total. The Bertz CT molecular complexity index is 757. The molecule has 0 atom stereocenters. The van der Waals surface area contributed by atoms with E-state index in [2.05, 4.69) is 31.6 Å². The van der Waals surface area contributed by atoms with Gasteiger partial charge in [0, 0.05) is 10.2 Å². The molecule has 0 fully saturated rings. The van der Waals surface area contributed by atoms with Crippen LogP contribution >= 0.6 is 15.9 Å². The quantitative estimate of drug-likeness (QED) is 0.684. The minimum atomic E-state index is -0.567. The summed E-state index contributed by atoms with van der Waals surface area (Å²) in [5, 5.41) is 17.0. The zero-order valence-corrected chi connectivity index (χ0v) is 13.0. The lowest BCUT2D eigenvalue weighted by Gasteiger charge is -2.04. The Kier molecular flexibility index (Phi) is 4.50. The van der Waals surface area contributed by atoms with Gasteiger partial charge in [-0.05, 0) is 48.0 Å². The van der Waals surface area contributed by atoms with E-state index in [1.165, 1.54) is 4.68 Å². The van der Waals surface area contributed by atoms with Crippen LogP contribution in [0.5, 0.6) is 0 Å². The van der Waals surface area contributed by atoms with Crippen molar-refractivity contribution < 1.29 is 4.79 Å². The van der Waals surface area contributed by atoms with E-state index in [0.29, 0.717) is 17.1 Å². The summed E-state index contributed by atoms with van der Waals surface area (Å²) < 4.78 is 1.95. The summed E-state index contributed by atoms with van der Waals surface area (Å²) in [6.45, 7) is 3.52. The molecule has 0 saturated heterocycles. The molecule has 0 aliphatic rings. The van der Waals surface area contributed by atoms with E-state index in [-0.39, 0.29) is 5.71 Å². The van der Waals surface area contributed by atoms with Gasteiger partial charge >= 0.3 is 5.91 Å². The SMILES string of the molecule is Cc1cc(C)n(C(=O)/C(C#N)=N/Nc2ccccc2Br)n1. The third-order valence-corrected chi connectivity index (χ3v) is 3.36. The highest BCUT2D eigenvalue weighted by Crippen LogP contribution is 2.21. The maximum Gasteiger partial charge on any atom is 0.309 e. The van der Waals surface area contributed by atoms with Crippen molar-refractivity contribution in [3.05, 3.63) is 46.2 Å². The molecule has 0 spiro atoms. The Morgan fingerprint density at radius 2 is 2.14 bits per heavy atom. The first-order chi connectivity index (χ1) is 10.0. The summed E-state index contributed by atoms with van der Waals surface area (Å²) in [5.41, 5.74) is 4.45. The molecular formula is C14H12BrN5O. The number of halogens is 1. The number of nitriles is 1. The summed E-state index contributed by atoms with van der Waals surface area (Å²) in [6, 6.07) is 10.8. The molecule has 106 valence electrons. The van der Waals surface area contributed by atoms with Crippen LogP contribution in [0.2, 0.25) is 0 Å². The van der Waals surface area contributed by atoms with Crippen LogP contribution in [-0.2, 0) is 0 Å².